The van der Waals surface area contributed by atoms with Crippen molar-refractivity contribution in [3.8, 4) is 16.3 Å². The summed E-state index contributed by atoms with van der Waals surface area (Å²) in [5, 5.41) is 3.29. The quantitative estimate of drug-likeness (QED) is 0.339. The van der Waals surface area contributed by atoms with Crippen LogP contribution in [0.1, 0.15) is 42.2 Å². The van der Waals surface area contributed by atoms with E-state index in [1.165, 1.54) is 55.0 Å². The standard InChI is InChI=1S/C26H30N4O7S2/c1-4-37-25(32)18-5-7-20(8-6-18)30-39(33,34)21-14-19(15-27-24(21)35-3)23-16(2)28-26(38-23)29-22(31)13-17-9-11-36-12-10-17/h5-8,14-15,17,30H,4,9-13H2,1-3H3,(H,28,29,31). The fourth-order valence-electron chi connectivity index (χ4n) is 4.10. The molecule has 1 aliphatic rings. The number of anilines is 2. The van der Waals surface area contributed by atoms with Crippen LogP contribution in [-0.2, 0) is 24.3 Å². The summed E-state index contributed by atoms with van der Waals surface area (Å²) >= 11 is 1.24. The van der Waals surface area contributed by atoms with Crippen LogP contribution in [-0.4, -0.2) is 57.2 Å². The van der Waals surface area contributed by atoms with Crippen molar-refractivity contribution in [2.24, 2.45) is 5.92 Å². The van der Waals surface area contributed by atoms with E-state index in [-0.39, 0.29) is 34.9 Å². The summed E-state index contributed by atoms with van der Waals surface area (Å²) in [6, 6.07) is 7.34. The van der Waals surface area contributed by atoms with E-state index in [0.29, 0.717) is 46.5 Å². The first-order valence-corrected chi connectivity index (χ1v) is 14.7. The number of nitrogens with zero attached hydrogens (tertiary/aromatic N) is 2. The number of thiazole rings is 1. The lowest BCUT2D eigenvalue weighted by Crippen LogP contribution is -2.22. The van der Waals surface area contributed by atoms with E-state index in [9.17, 15) is 18.0 Å². The molecule has 11 nitrogen and oxygen atoms in total. The van der Waals surface area contributed by atoms with E-state index in [1.807, 2.05) is 0 Å². The van der Waals surface area contributed by atoms with Crippen molar-refractivity contribution in [3.63, 3.8) is 0 Å². The Bertz CT molecular complexity index is 1430. The van der Waals surface area contributed by atoms with Crippen molar-refractivity contribution in [2.45, 2.75) is 38.0 Å². The van der Waals surface area contributed by atoms with Gasteiger partial charge in [-0.2, -0.15) is 0 Å². The van der Waals surface area contributed by atoms with Crippen LogP contribution >= 0.6 is 11.3 Å². The number of esters is 1. The van der Waals surface area contributed by atoms with Crippen molar-refractivity contribution < 1.29 is 32.2 Å². The Morgan fingerprint density at radius 2 is 1.90 bits per heavy atom. The second-order valence-electron chi connectivity index (χ2n) is 8.88. The maximum Gasteiger partial charge on any atom is 0.338 e. The first-order chi connectivity index (χ1) is 18.7. The molecule has 0 aliphatic carbocycles. The predicted octanol–water partition coefficient (Wildman–Crippen LogP) is 4.25. The number of methoxy groups -OCH3 is 1. The molecule has 39 heavy (non-hydrogen) atoms. The van der Waals surface area contributed by atoms with E-state index in [4.69, 9.17) is 14.2 Å². The molecule has 0 unspecified atom stereocenters. The average molecular weight is 575 g/mol. The van der Waals surface area contributed by atoms with E-state index in [2.05, 4.69) is 20.0 Å². The van der Waals surface area contributed by atoms with Gasteiger partial charge in [0.25, 0.3) is 10.0 Å². The van der Waals surface area contributed by atoms with E-state index < -0.39 is 16.0 Å². The van der Waals surface area contributed by atoms with Crippen LogP contribution in [0, 0.1) is 12.8 Å². The predicted molar refractivity (Wildman–Crippen MR) is 147 cm³/mol. The molecule has 1 amide bonds. The summed E-state index contributed by atoms with van der Waals surface area (Å²) in [4.78, 5) is 33.6. The van der Waals surface area contributed by atoms with Crippen LogP contribution < -0.4 is 14.8 Å². The van der Waals surface area contributed by atoms with Crippen LogP contribution in [0.4, 0.5) is 10.8 Å². The molecule has 3 aromatic rings. The highest BCUT2D eigenvalue weighted by Gasteiger charge is 2.24. The van der Waals surface area contributed by atoms with Gasteiger partial charge in [0.2, 0.25) is 11.8 Å². The Balaban J connectivity index is 1.53. The van der Waals surface area contributed by atoms with E-state index in [1.54, 1.807) is 13.8 Å². The zero-order chi connectivity index (χ0) is 28.0. The Morgan fingerprint density at radius 1 is 1.18 bits per heavy atom. The second kappa shape index (κ2) is 12.5. The van der Waals surface area contributed by atoms with Gasteiger partial charge in [-0.15, -0.1) is 0 Å². The van der Waals surface area contributed by atoms with Gasteiger partial charge in [0.05, 0.1) is 29.9 Å². The van der Waals surface area contributed by atoms with Crippen LogP contribution in [0.5, 0.6) is 5.88 Å². The van der Waals surface area contributed by atoms with Gasteiger partial charge in [0, 0.05) is 37.1 Å². The molecule has 1 aromatic carbocycles. The summed E-state index contributed by atoms with van der Waals surface area (Å²) in [5.41, 5.74) is 1.68. The molecule has 3 heterocycles. The number of amides is 1. The number of aromatic nitrogens is 2. The zero-order valence-corrected chi connectivity index (χ0v) is 23.5. The number of carbonyl (C=O) groups is 2. The summed E-state index contributed by atoms with van der Waals surface area (Å²) in [6.07, 6.45) is 3.61. The minimum absolute atomic E-state index is 0.0819. The molecule has 4 rings (SSSR count). The number of carbonyl (C=O) groups excluding carboxylic acids is 2. The topological polar surface area (TPSA) is 146 Å². The minimum atomic E-state index is -4.12. The normalized spacial score (nSPS) is 14.0. The van der Waals surface area contributed by atoms with Crippen molar-refractivity contribution in [2.75, 3.05) is 37.0 Å². The van der Waals surface area contributed by atoms with Gasteiger partial charge in [-0.25, -0.2) is 23.2 Å². The lowest BCUT2D eigenvalue weighted by molar-refractivity contribution is -0.117. The van der Waals surface area contributed by atoms with Gasteiger partial charge in [-0.05, 0) is 62.9 Å². The third-order valence-corrected chi connectivity index (χ3v) is 8.57. The molecule has 2 N–H and O–H groups in total. The number of ether oxygens (including phenoxy) is 3. The molecule has 0 bridgehead atoms. The Hall–Kier alpha value is -3.55. The number of aryl methyl sites for hydroxylation is 1. The van der Waals surface area contributed by atoms with Crippen molar-refractivity contribution in [1.82, 2.24) is 9.97 Å². The van der Waals surface area contributed by atoms with Crippen LogP contribution in [0.15, 0.2) is 41.4 Å². The number of pyridine rings is 1. The summed E-state index contributed by atoms with van der Waals surface area (Å²) in [6.45, 7) is 5.06. The molecule has 208 valence electrons. The average Bonchev–Trinajstić information content (AvgIpc) is 3.28. The smallest absolute Gasteiger partial charge is 0.338 e. The number of nitrogens with one attached hydrogen (secondary N) is 2. The monoisotopic (exact) mass is 574 g/mol. The van der Waals surface area contributed by atoms with Crippen molar-refractivity contribution in [1.29, 1.82) is 0 Å². The third kappa shape index (κ3) is 7.11. The number of sulfonamides is 1. The maximum atomic E-state index is 13.3. The molecule has 0 atom stereocenters. The van der Waals surface area contributed by atoms with Gasteiger partial charge in [0.15, 0.2) is 5.13 Å². The van der Waals surface area contributed by atoms with E-state index in [0.717, 1.165) is 12.8 Å². The largest absolute Gasteiger partial charge is 0.480 e. The molecule has 1 saturated heterocycles. The third-order valence-electron chi connectivity index (χ3n) is 6.07. The lowest BCUT2D eigenvalue weighted by atomic mass is 9.96. The van der Waals surface area contributed by atoms with Gasteiger partial charge in [-0.3, -0.25) is 9.52 Å². The first kappa shape index (κ1) is 28.5. The van der Waals surface area contributed by atoms with E-state index >= 15 is 0 Å². The van der Waals surface area contributed by atoms with Gasteiger partial charge in [0.1, 0.15) is 4.90 Å². The van der Waals surface area contributed by atoms with Gasteiger partial charge >= 0.3 is 5.97 Å². The molecule has 1 aliphatic heterocycles. The van der Waals surface area contributed by atoms with Crippen molar-refractivity contribution >= 4 is 44.1 Å². The molecule has 0 spiro atoms. The number of hydrogen-bond donors (Lipinski definition) is 2. The fraction of sp³-hybridized carbons (Fsp3) is 0.385. The summed E-state index contributed by atoms with van der Waals surface area (Å²) < 4.78 is 44.6. The zero-order valence-electron chi connectivity index (χ0n) is 21.9. The van der Waals surface area contributed by atoms with Crippen molar-refractivity contribution in [3.05, 3.63) is 47.8 Å². The highest BCUT2D eigenvalue weighted by molar-refractivity contribution is 7.92. The SMILES string of the molecule is CCOC(=O)c1ccc(NS(=O)(=O)c2cc(-c3sc(NC(=O)CC4CCOCC4)nc3C)cnc2OC)cc1. The molecule has 0 radical (unpaired) electrons. The Labute approximate surface area is 231 Å². The molecule has 1 fully saturated rings. The first-order valence-electron chi connectivity index (χ1n) is 12.4. The number of hydrogen-bond acceptors (Lipinski definition) is 10. The van der Waals surface area contributed by atoms with Gasteiger partial charge < -0.3 is 19.5 Å². The van der Waals surface area contributed by atoms with Crippen LogP contribution in [0.2, 0.25) is 0 Å². The number of benzene rings is 1. The fourth-order valence-corrected chi connectivity index (χ4v) is 6.27. The number of rotatable bonds is 10. The molecule has 0 saturated carbocycles. The van der Waals surface area contributed by atoms with Crippen LogP contribution in [0.25, 0.3) is 10.4 Å². The molecular weight excluding hydrogens is 544 g/mol. The Morgan fingerprint density at radius 3 is 2.56 bits per heavy atom. The molecule has 2 aromatic heterocycles. The molecule has 13 heteroatoms. The highest BCUT2D eigenvalue weighted by atomic mass is 32.2. The molecular formula is C26H30N4O7S2. The summed E-state index contributed by atoms with van der Waals surface area (Å²) in [5.74, 6) is -0.408. The second-order valence-corrected chi connectivity index (χ2v) is 11.5. The minimum Gasteiger partial charge on any atom is -0.480 e. The highest BCUT2D eigenvalue weighted by Crippen LogP contribution is 2.36. The lowest BCUT2D eigenvalue weighted by Gasteiger charge is -2.20. The maximum absolute atomic E-state index is 13.3. The van der Waals surface area contributed by atoms with Crippen LogP contribution in [0.3, 0.4) is 0 Å². The van der Waals surface area contributed by atoms with Gasteiger partial charge in [-0.1, -0.05) is 11.3 Å². The summed E-state index contributed by atoms with van der Waals surface area (Å²) in [7, 11) is -2.79. The Kier molecular flexibility index (Phi) is 9.15.